The van der Waals surface area contributed by atoms with E-state index in [9.17, 15) is 10.2 Å². The Bertz CT molecular complexity index is 167. The molecule has 0 aromatic rings. The van der Waals surface area contributed by atoms with Crippen LogP contribution in [0.4, 0.5) is 0 Å². The quantitative estimate of drug-likeness (QED) is 0.476. The molecule has 4 N–H and O–H groups in total. The number of rotatable bonds is 0. The van der Waals surface area contributed by atoms with Gasteiger partial charge in [-0.2, -0.15) is 0 Å². The van der Waals surface area contributed by atoms with Gasteiger partial charge < -0.3 is 15.9 Å². The summed E-state index contributed by atoms with van der Waals surface area (Å²) in [5.41, 5.74) is 5.37. The van der Waals surface area contributed by atoms with Crippen LogP contribution in [0.15, 0.2) is 0 Å². The molecule has 2 aliphatic carbocycles. The van der Waals surface area contributed by atoms with Crippen LogP contribution in [0, 0.1) is 5.92 Å². The van der Waals surface area contributed by atoms with Gasteiger partial charge in [-0.15, -0.1) is 12.4 Å². The van der Waals surface area contributed by atoms with E-state index in [-0.39, 0.29) is 18.3 Å². The predicted molar refractivity (Wildman–Crippen MR) is 43.5 cm³/mol. The highest BCUT2D eigenvalue weighted by Crippen LogP contribution is 2.46. The minimum atomic E-state index is -0.675. The fourth-order valence-electron chi connectivity index (χ4n) is 2.30. The first kappa shape index (κ1) is 9.26. The number of hydrogen-bond donors (Lipinski definition) is 3. The van der Waals surface area contributed by atoms with Crippen molar-refractivity contribution in [2.75, 3.05) is 0 Å². The van der Waals surface area contributed by atoms with E-state index in [2.05, 4.69) is 0 Å². The average molecular weight is 180 g/mol. The Kier molecular flexibility index (Phi) is 2.18. The minimum Gasteiger partial charge on any atom is -0.390 e. The van der Waals surface area contributed by atoms with Crippen LogP contribution < -0.4 is 5.73 Å². The molecule has 0 amide bonds. The molecule has 2 saturated carbocycles. The van der Waals surface area contributed by atoms with Crippen LogP contribution in [-0.2, 0) is 0 Å². The van der Waals surface area contributed by atoms with Crippen molar-refractivity contribution >= 4 is 12.4 Å². The molecule has 0 aliphatic heterocycles. The second-order valence-electron chi connectivity index (χ2n) is 3.67. The molecular formula is C7H14ClNO2. The Morgan fingerprint density at radius 3 is 2.27 bits per heavy atom. The molecular weight excluding hydrogens is 166 g/mol. The lowest BCUT2D eigenvalue weighted by Crippen LogP contribution is -2.50. The van der Waals surface area contributed by atoms with E-state index in [1.54, 1.807) is 0 Å². The molecule has 11 heavy (non-hydrogen) atoms. The van der Waals surface area contributed by atoms with Gasteiger partial charge >= 0.3 is 0 Å². The maximum Gasteiger partial charge on any atom is 0.0980 e. The van der Waals surface area contributed by atoms with Crippen LogP contribution >= 0.6 is 12.4 Å². The molecule has 0 saturated heterocycles. The van der Waals surface area contributed by atoms with Crippen molar-refractivity contribution in [1.29, 1.82) is 0 Å². The molecule has 4 unspecified atom stereocenters. The van der Waals surface area contributed by atoms with E-state index in [4.69, 9.17) is 5.73 Å². The Balaban J connectivity index is 0.000000605. The van der Waals surface area contributed by atoms with Gasteiger partial charge in [-0.1, -0.05) is 0 Å². The van der Waals surface area contributed by atoms with E-state index in [0.29, 0.717) is 0 Å². The maximum absolute atomic E-state index is 9.37. The predicted octanol–water partition coefficient (Wildman–Crippen LogP) is -0.359. The van der Waals surface area contributed by atoms with Gasteiger partial charge in [0.1, 0.15) is 0 Å². The van der Waals surface area contributed by atoms with Crippen LogP contribution in [0.25, 0.3) is 0 Å². The normalized spacial score (nSPS) is 54.3. The third-order valence-corrected chi connectivity index (χ3v) is 3.02. The van der Waals surface area contributed by atoms with Gasteiger partial charge in [-0.05, 0) is 25.2 Å². The summed E-state index contributed by atoms with van der Waals surface area (Å²) in [5, 5.41) is 18.7. The van der Waals surface area contributed by atoms with Crippen LogP contribution in [0.1, 0.15) is 19.3 Å². The van der Waals surface area contributed by atoms with Gasteiger partial charge in [0.2, 0.25) is 0 Å². The zero-order valence-corrected chi connectivity index (χ0v) is 7.05. The summed E-state index contributed by atoms with van der Waals surface area (Å²) in [5.74, 6) is 0.264. The van der Waals surface area contributed by atoms with Crippen molar-refractivity contribution in [2.45, 2.75) is 37.0 Å². The highest BCUT2D eigenvalue weighted by molar-refractivity contribution is 5.85. The number of halogens is 1. The van der Waals surface area contributed by atoms with Gasteiger partial charge in [0.15, 0.2) is 0 Å². The van der Waals surface area contributed by atoms with Gasteiger partial charge in [-0.3, -0.25) is 0 Å². The van der Waals surface area contributed by atoms with Crippen LogP contribution in [0.3, 0.4) is 0 Å². The Morgan fingerprint density at radius 1 is 1.36 bits per heavy atom. The summed E-state index contributed by atoms with van der Waals surface area (Å²) < 4.78 is 0. The molecule has 0 radical (unpaired) electrons. The van der Waals surface area contributed by atoms with Crippen LogP contribution in [-0.4, -0.2) is 28.0 Å². The zero-order chi connectivity index (χ0) is 7.35. The standard InChI is InChI=1S/C7H13NO2.ClH/c8-7-2-1-4(3-7)5(9)6(7)10;/h4-6,9-10H,1-3,8H2;1H. The minimum absolute atomic E-state index is 0. The first-order chi connectivity index (χ1) is 4.63. The Morgan fingerprint density at radius 2 is 2.00 bits per heavy atom. The van der Waals surface area contributed by atoms with E-state index >= 15 is 0 Å². The van der Waals surface area contributed by atoms with Crippen molar-refractivity contribution in [1.82, 2.24) is 0 Å². The molecule has 2 bridgehead atoms. The van der Waals surface area contributed by atoms with Crippen LogP contribution in [0.5, 0.6) is 0 Å². The lowest BCUT2D eigenvalue weighted by atomic mass is 9.90. The molecule has 2 aliphatic rings. The summed E-state index contributed by atoms with van der Waals surface area (Å²) in [6, 6.07) is 0. The van der Waals surface area contributed by atoms with Crippen molar-refractivity contribution in [3.8, 4) is 0 Å². The van der Waals surface area contributed by atoms with Gasteiger partial charge in [0, 0.05) is 5.54 Å². The van der Waals surface area contributed by atoms with E-state index < -0.39 is 17.7 Å². The lowest BCUT2D eigenvalue weighted by Gasteiger charge is -2.29. The van der Waals surface area contributed by atoms with E-state index in [1.165, 1.54) is 0 Å². The van der Waals surface area contributed by atoms with Gasteiger partial charge in [-0.25, -0.2) is 0 Å². The molecule has 4 atom stereocenters. The third-order valence-electron chi connectivity index (χ3n) is 3.02. The first-order valence-electron chi connectivity index (χ1n) is 3.78. The summed E-state index contributed by atoms with van der Waals surface area (Å²) in [4.78, 5) is 0. The Hall–Kier alpha value is 0.170. The number of fused-ring (bicyclic) bond motifs is 2. The Labute approximate surface area is 72.0 Å². The first-order valence-corrected chi connectivity index (χ1v) is 3.78. The van der Waals surface area contributed by atoms with Crippen molar-refractivity contribution in [3.63, 3.8) is 0 Å². The topological polar surface area (TPSA) is 66.5 Å². The zero-order valence-electron chi connectivity index (χ0n) is 6.23. The average Bonchev–Trinajstić information content (AvgIpc) is 2.35. The molecule has 0 aromatic heterocycles. The van der Waals surface area contributed by atoms with Crippen molar-refractivity contribution in [3.05, 3.63) is 0 Å². The number of aliphatic hydroxyl groups is 2. The molecule has 2 rings (SSSR count). The number of nitrogens with two attached hydrogens (primary N) is 1. The SMILES string of the molecule is Cl.NC12CCC(C1)C(O)C2O. The van der Waals surface area contributed by atoms with E-state index in [1.807, 2.05) is 0 Å². The molecule has 0 aromatic carbocycles. The van der Waals surface area contributed by atoms with E-state index in [0.717, 1.165) is 19.3 Å². The molecule has 4 heteroatoms. The summed E-state index contributed by atoms with van der Waals surface area (Å²) in [6.45, 7) is 0. The lowest BCUT2D eigenvalue weighted by molar-refractivity contribution is -0.0244. The van der Waals surface area contributed by atoms with Gasteiger partial charge in [0.05, 0.1) is 12.2 Å². The molecule has 2 fully saturated rings. The molecule has 3 nitrogen and oxygen atoms in total. The third kappa shape index (κ3) is 1.07. The second-order valence-corrected chi connectivity index (χ2v) is 3.67. The fourth-order valence-corrected chi connectivity index (χ4v) is 2.30. The fraction of sp³-hybridized carbons (Fsp3) is 1.00. The smallest absolute Gasteiger partial charge is 0.0980 e. The monoisotopic (exact) mass is 179 g/mol. The summed E-state index contributed by atoms with van der Waals surface area (Å²) in [7, 11) is 0. The van der Waals surface area contributed by atoms with Gasteiger partial charge in [0.25, 0.3) is 0 Å². The van der Waals surface area contributed by atoms with Crippen molar-refractivity contribution in [2.24, 2.45) is 11.7 Å². The summed E-state index contributed by atoms with van der Waals surface area (Å²) >= 11 is 0. The molecule has 66 valence electrons. The molecule has 0 heterocycles. The van der Waals surface area contributed by atoms with Crippen molar-refractivity contribution < 1.29 is 10.2 Å². The summed E-state index contributed by atoms with van der Waals surface area (Å²) in [6.07, 6.45) is 1.42. The maximum atomic E-state index is 9.37. The number of hydrogen-bond acceptors (Lipinski definition) is 3. The second kappa shape index (κ2) is 2.59. The highest BCUT2D eigenvalue weighted by atomic mass is 35.5. The van der Waals surface area contributed by atoms with Crippen LogP contribution in [0.2, 0.25) is 0 Å². The molecule has 0 spiro atoms. The number of aliphatic hydroxyl groups excluding tert-OH is 2. The largest absolute Gasteiger partial charge is 0.390 e. The highest BCUT2D eigenvalue weighted by Gasteiger charge is 2.54.